The van der Waals surface area contributed by atoms with Gasteiger partial charge in [0, 0.05) is 24.5 Å². The van der Waals surface area contributed by atoms with E-state index in [0.717, 1.165) is 0 Å². The Balaban J connectivity index is 2.37. The Bertz CT molecular complexity index is 490. The molecule has 2 N–H and O–H groups in total. The zero-order valence-corrected chi connectivity index (χ0v) is 13.0. The molecule has 6 heteroatoms. The van der Waals surface area contributed by atoms with E-state index in [2.05, 4.69) is 10.6 Å². The molecule has 0 bridgehead atoms. The Morgan fingerprint density at radius 1 is 1.15 bits per heavy atom. The Labute approximate surface area is 128 Å². The number of rotatable bonds is 6. The number of benzene rings is 1. The summed E-state index contributed by atoms with van der Waals surface area (Å²) in [6, 6.07) is 4.70. The first-order valence-corrected chi connectivity index (χ1v) is 7.15. The van der Waals surface area contributed by atoms with Gasteiger partial charge in [-0.25, -0.2) is 0 Å². The molecule has 2 amide bonds. The molecule has 0 aromatic heterocycles. The number of carbonyl (C=O) groups excluding carboxylic acids is 2. The second kappa shape index (κ2) is 8.12. The van der Waals surface area contributed by atoms with Crippen LogP contribution in [0.5, 0.6) is 0 Å². The van der Waals surface area contributed by atoms with E-state index in [1.165, 1.54) is 6.07 Å². The lowest BCUT2D eigenvalue weighted by molar-refractivity contribution is -0.121. The Hall–Kier alpha value is -1.26. The third kappa shape index (κ3) is 5.80. The average molecular weight is 317 g/mol. The van der Waals surface area contributed by atoms with Gasteiger partial charge in [0.1, 0.15) is 0 Å². The monoisotopic (exact) mass is 316 g/mol. The summed E-state index contributed by atoms with van der Waals surface area (Å²) < 4.78 is 0. The topological polar surface area (TPSA) is 58.2 Å². The van der Waals surface area contributed by atoms with E-state index in [1.807, 2.05) is 13.8 Å². The van der Waals surface area contributed by atoms with E-state index in [1.54, 1.807) is 12.1 Å². The summed E-state index contributed by atoms with van der Waals surface area (Å²) in [4.78, 5) is 23.3. The first-order chi connectivity index (χ1) is 9.40. The molecule has 0 saturated carbocycles. The lowest BCUT2D eigenvalue weighted by Crippen LogP contribution is -2.35. The van der Waals surface area contributed by atoms with Crippen LogP contribution in [0.2, 0.25) is 10.0 Å². The molecule has 0 spiro atoms. The molecule has 110 valence electrons. The molecule has 20 heavy (non-hydrogen) atoms. The fourth-order valence-electron chi connectivity index (χ4n) is 1.59. The fourth-order valence-corrected chi connectivity index (χ4v) is 1.96. The summed E-state index contributed by atoms with van der Waals surface area (Å²) in [7, 11) is 0. The van der Waals surface area contributed by atoms with Crippen LogP contribution in [0.3, 0.4) is 0 Å². The molecule has 0 atom stereocenters. The van der Waals surface area contributed by atoms with E-state index in [4.69, 9.17) is 23.2 Å². The molecule has 1 aromatic rings. The predicted octanol–water partition coefficient (Wildman–Crippen LogP) is 2.89. The second-order valence-electron chi connectivity index (χ2n) is 4.83. The van der Waals surface area contributed by atoms with Gasteiger partial charge in [-0.1, -0.05) is 37.0 Å². The van der Waals surface area contributed by atoms with Gasteiger partial charge in [-0.15, -0.1) is 0 Å². The Morgan fingerprint density at radius 3 is 2.45 bits per heavy atom. The van der Waals surface area contributed by atoms with Crippen LogP contribution < -0.4 is 10.6 Å². The molecule has 1 rings (SSSR count). The third-order valence-corrected chi connectivity index (χ3v) is 3.06. The largest absolute Gasteiger partial charge is 0.354 e. The van der Waals surface area contributed by atoms with Crippen molar-refractivity contribution in [2.24, 2.45) is 5.92 Å². The second-order valence-corrected chi connectivity index (χ2v) is 5.67. The molecule has 0 aliphatic rings. The number of halogens is 2. The molecule has 0 radical (unpaired) electrons. The van der Waals surface area contributed by atoms with Gasteiger partial charge in [0.25, 0.3) is 5.91 Å². The van der Waals surface area contributed by atoms with Gasteiger partial charge < -0.3 is 10.6 Å². The average Bonchev–Trinajstić information content (AvgIpc) is 2.36. The van der Waals surface area contributed by atoms with Gasteiger partial charge in [-0.05, 0) is 24.1 Å². The van der Waals surface area contributed by atoms with Crippen LogP contribution in [0, 0.1) is 5.92 Å². The number of hydrogen-bond acceptors (Lipinski definition) is 2. The molecular formula is C14H18Cl2N2O2. The van der Waals surface area contributed by atoms with Gasteiger partial charge in [0.2, 0.25) is 5.91 Å². The maximum Gasteiger partial charge on any atom is 0.252 e. The fraction of sp³-hybridized carbons (Fsp3) is 0.429. The summed E-state index contributed by atoms with van der Waals surface area (Å²) in [6.45, 7) is 4.67. The molecule has 0 aliphatic carbocycles. The molecule has 0 saturated heterocycles. The van der Waals surface area contributed by atoms with Crippen molar-refractivity contribution in [3.8, 4) is 0 Å². The number of amides is 2. The van der Waals surface area contributed by atoms with E-state index in [0.29, 0.717) is 41.0 Å². The number of nitrogens with one attached hydrogen (secondary N) is 2. The molecule has 4 nitrogen and oxygen atoms in total. The van der Waals surface area contributed by atoms with E-state index in [9.17, 15) is 9.59 Å². The molecule has 0 fully saturated rings. The highest BCUT2D eigenvalue weighted by Crippen LogP contribution is 2.20. The molecule has 0 aliphatic heterocycles. The van der Waals surface area contributed by atoms with Gasteiger partial charge in [-0.3, -0.25) is 9.59 Å². The standard InChI is InChI=1S/C14H18Cl2N2O2/c1-9(2)7-13(19)17-5-6-18-14(20)11-8-10(15)3-4-12(11)16/h3-4,8-9H,5-7H2,1-2H3,(H,17,19)(H,18,20). The van der Waals surface area contributed by atoms with Crippen LogP contribution in [0.4, 0.5) is 0 Å². The number of hydrogen-bond donors (Lipinski definition) is 2. The van der Waals surface area contributed by atoms with Crippen molar-refractivity contribution in [2.45, 2.75) is 20.3 Å². The minimum Gasteiger partial charge on any atom is -0.354 e. The van der Waals surface area contributed by atoms with E-state index >= 15 is 0 Å². The maximum absolute atomic E-state index is 11.9. The van der Waals surface area contributed by atoms with Crippen molar-refractivity contribution in [1.82, 2.24) is 10.6 Å². The zero-order chi connectivity index (χ0) is 15.1. The highest BCUT2D eigenvalue weighted by molar-refractivity contribution is 6.35. The van der Waals surface area contributed by atoms with Gasteiger partial charge >= 0.3 is 0 Å². The normalized spacial score (nSPS) is 10.4. The van der Waals surface area contributed by atoms with Crippen LogP contribution in [0.15, 0.2) is 18.2 Å². The van der Waals surface area contributed by atoms with Crippen LogP contribution in [-0.4, -0.2) is 24.9 Å². The van der Waals surface area contributed by atoms with E-state index in [-0.39, 0.29) is 11.8 Å². The van der Waals surface area contributed by atoms with Gasteiger partial charge in [-0.2, -0.15) is 0 Å². The summed E-state index contributed by atoms with van der Waals surface area (Å²) >= 11 is 11.7. The smallest absolute Gasteiger partial charge is 0.252 e. The van der Waals surface area contributed by atoms with E-state index < -0.39 is 0 Å². The molecule has 0 unspecified atom stereocenters. The zero-order valence-electron chi connectivity index (χ0n) is 11.5. The Kier molecular flexibility index (Phi) is 6.82. The van der Waals surface area contributed by atoms with Crippen molar-refractivity contribution < 1.29 is 9.59 Å². The minimum absolute atomic E-state index is 0.0185. The van der Waals surface area contributed by atoms with Crippen LogP contribution in [0.25, 0.3) is 0 Å². The van der Waals surface area contributed by atoms with Crippen LogP contribution in [-0.2, 0) is 4.79 Å². The summed E-state index contributed by atoms with van der Waals surface area (Å²) in [5.41, 5.74) is 0.327. The predicted molar refractivity (Wildman–Crippen MR) is 81.3 cm³/mol. The van der Waals surface area contributed by atoms with Crippen molar-refractivity contribution in [2.75, 3.05) is 13.1 Å². The first-order valence-electron chi connectivity index (χ1n) is 6.40. The maximum atomic E-state index is 11.9. The van der Waals surface area contributed by atoms with Crippen molar-refractivity contribution in [3.63, 3.8) is 0 Å². The highest BCUT2D eigenvalue weighted by atomic mass is 35.5. The summed E-state index contributed by atoms with van der Waals surface area (Å²) in [5.74, 6) is -0.0134. The summed E-state index contributed by atoms with van der Waals surface area (Å²) in [5, 5.41) is 6.21. The highest BCUT2D eigenvalue weighted by Gasteiger charge is 2.10. The molecule has 0 heterocycles. The SMILES string of the molecule is CC(C)CC(=O)NCCNC(=O)c1cc(Cl)ccc1Cl. The number of carbonyl (C=O) groups is 2. The van der Waals surface area contributed by atoms with Crippen LogP contribution in [0.1, 0.15) is 30.6 Å². The van der Waals surface area contributed by atoms with Crippen molar-refractivity contribution in [3.05, 3.63) is 33.8 Å². The lowest BCUT2D eigenvalue weighted by Gasteiger charge is -2.09. The lowest BCUT2D eigenvalue weighted by atomic mass is 10.1. The summed E-state index contributed by atoms with van der Waals surface area (Å²) in [6.07, 6.45) is 0.480. The minimum atomic E-state index is -0.310. The van der Waals surface area contributed by atoms with Gasteiger partial charge in [0.15, 0.2) is 0 Å². The molecule has 1 aromatic carbocycles. The van der Waals surface area contributed by atoms with Crippen molar-refractivity contribution in [1.29, 1.82) is 0 Å². The first kappa shape index (κ1) is 16.8. The van der Waals surface area contributed by atoms with Crippen LogP contribution >= 0.6 is 23.2 Å². The van der Waals surface area contributed by atoms with Gasteiger partial charge in [0.05, 0.1) is 10.6 Å². The third-order valence-electron chi connectivity index (χ3n) is 2.50. The molecular weight excluding hydrogens is 299 g/mol. The Morgan fingerprint density at radius 2 is 1.80 bits per heavy atom. The quantitative estimate of drug-likeness (QED) is 0.793. The van der Waals surface area contributed by atoms with Crippen molar-refractivity contribution >= 4 is 35.0 Å².